The number of nitrogens with one attached hydrogen (secondary N) is 2. The van der Waals surface area contributed by atoms with Crippen LogP contribution in [0.2, 0.25) is 0 Å². The van der Waals surface area contributed by atoms with Gasteiger partial charge in [0.2, 0.25) is 5.91 Å². The number of amides is 2. The molecule has 3 rings (SSSR count). The number of hydrogen-bond donors (Lipinski definition) is 2. The van der Waals surface area contributed by atoms with E-state index in [4.69, 9.17) is 9.15 Å². The summed E-state index contributed by atoms with van der Waals surface area (Å²) in [5.74, 6) is 0.271. The average Bonchev–Trinajstić information content (AvgIpc) is 3.22. The third kappa shape index (κ3) is 4.60. The lowest BCUT2D eigenvalue weighted by Crippen LogP contribution is -2.44. The topological polar surface area (TPSA) is 96.7 Å². The highest BCUT2D eigenvalue weighted by Gasteiger charge is 2.17. The summed E-state index contributed by atoms with van der Waals surface area (Å²) in [6.45, 7) is 5.00. The van der Waals surface area contributed by atoms with E-state index in [1.807, 2.05) is 12.1 Å². The summed E-state index contributed by atoms with van der Waals surface area (Å²) in [7, 11) is 0. The first-order valence-electron chi connectivity index (χ1n) is 8.52. The molecular weight excluding hydrogens is 336 g/mol. The van der Waals surface area contributed by atoms with Crippen LogP contribution in [0.25, 0.3) is 0 Å². The van der Waals surface area contributed by atoms with Crippen LogP contribution in [0.5, 0.6) is 0 Å². The fourth-order valence-electron chi connectivity index (χ4n) is 2.62. The molecule has 0 saturated carbocycles. The van der Waals surface area contributed by atoms with E-state index in [0.717, 1.165) is 24.5 Å². The van der Waals surface area contributed by atoms with Crippen molar-refractivity contribution in [3.8, 4) is 0 Å². The first-order valence-corrected chi connectivity index (χ1v) is 8.52. The SMILES string of the molecule is CC(NC(=O)c1ccoc1)C(=O)NCc1ccnc(N2CCOCC2)c1. The van der Waals surface area contributed by atoms with Crippen LogP contribution in [0.3, 0.4) is 0 Å². The number of carbonyl (C=O) groups is 2. The zero-order valence-electron chi connectivity index (χ0n) is 14.6. The Morgan fingerprint density at radius 3 is 2.85 bits per heavy atom. The summed E-state index contributed by atoms with van der Waals surface area (Å²) in [5, 5.41) is 5.47. The molecule has 2 N–H and O–H groups in total. The molecule has 1 atom stereocenters. The van der Waals surface area contributed by atoms with Crippen molar-refractivity contribution in [1.82, 2.24) is 15.6 Å². The molecular formula is C18H22N4O4. The largest absolute Gasteiger partial charge is 0.472 e. The van der Waals surface area contributed by atoms with Crippen molar-refractivity contribution < 1.29 is 18.7 Å². The second kappa shape index (κ2) is 8.48. The van der Waals surface area contributed by atoms with Gasteiger partial charge < -0.3 is 24.7 Å². The van der Waals surface area contributed by atoms with Gasteiger partial charge in [-0.2, -0.15) is 0 Å². The monoisotopic (exact) mass is 358 g/mol. The molecule has 1 fully saturated rings. The molecule has 0 aliphatic carbocycles. The van der Waals surface area contributed by atoms with E-state index in [1.165, 1.54) is 12.5 Å². The maximum atomic E-state index is 12.2. The molecule has 8 nitrogen and oxygen atoms in total. The summed E-state index contributed by atoms with van der Waals surface area (Å²) in [4.78, 5) is 30.7. The summed E-state index contributed by atoms with van der Waals surface area (Å²) in [6, 6.07) is 4.71. The highest BCUT2D eigenvalue weighted by atomic mass is 16.5. The van der Waals surface area contributed by atoms with Gasteiger partial charge in [0.15, 0.2) is 0 Å². The van der Waals surface area contributed by atoms with Crippen molar-refractivity contribution in [2.75, 3.05) is 31.2 Å². The van der Waals surface area contributed by atoms with Crippen LogP contribution in [0.15, 0.2) is 41.3 Å². The maximum absolute atomic E-state index is 12.2. The standard InChI is InChI=1S/C18H22N4O4/c1-13(21-18(24)15-3-7-26-12-15)17(23)20-11-14-2-4-19-16(10-14)22-5-8-25-9-6-22/h2-4,7,10,12-13H,5-6,8-9,11H2,1H3,(H,20,23)(H,21,24). The van der Waals surface area contributed by atoms with Crippen LogP contribution in [0.4, 0.5) is 5.82 Å². The minimum absolute atomic E-state index is 0.258. The van der Waals surface area contributed by atoms with Gasteiger partial charge in [0.1, 0.15) is 18.1 Å². The Morgan fingerprint density at radius 2 is 2.12 bits per heavy atom. The van der Waals surface area contributed by atoms with Gasteiger partial charge in [-0.25, -0.2) is 4.98 Å². The zero-order valence-corrected chi connectivity index (χ0v) is 14.6. The predicted octanol–water partition coefficient (Wildman–Crippen LogP) is 0.946. The van der Waals surface area contributed by atoms with Gasteiger partial charge in [0.05, 0.1) is 25.0 Å². The Morgan fingerprint density at radius 1 is 1.31 bits per heavy atom. The zero-order chi connectivity index (χ0) is 18.4. The van der Waals surface area contributed by atoms with Gasteiger partial charge in [-0.05, 0) is 30.7 Å². The van der Waals surface area contributed by atoms with Gasteiger partial charge in [-0.15, -0.1) is 0 Å². The van der Waals surface area contributed by atoms with Crippen LogP contribution in [-0.4, -0.2) is 49.1 Å². The van der Waals surface area contributed by atoms with Gasteiger partial charge in [0.25, 0.3) is 5.91 Å². The lowest BCUT2D eigenvalue weighted by Gasteiger charge is -2.28. The summed E-state index contributed by atoms with van der Waals surface area (Å²) >= 11 is 0. The third-order valence-corrected chi connectivity index (χ3v) is 4.14. The minimum atomic E-state index is -0.655. The number of hydrogen-bond acceptors (Lipinski definition) is 6. The molecule has 8 heteroatoms. The molecule has 1 saturated heterocycles. The molecule has 1 aliphatic heterocycles. The van der Waals surface area contributed by atoms with Crippen molar-refractivity contribution >= 4 is 17.6 Å². The Hall–Kier alpha value is -2.87. The smallest absolute Gasteiger partial charge is 0.255 e. The van der Waals surface area contributed by atoms with Gasteiger partial charge >= 0.3 is 0 Å². The number of nitrogens with zero attached hydrogens (tertiary/aromatic N) is 2. The number of rotatable bonds is 6. The number of anilines is 1. The third-order valence-electron chi connectivity index (χ3n) is 4.14. The van der Waals surface area contributed by atoms with E-state index < -0.39 is 6.04 Å². The number of ether oxygens (including phenoxy) is 1. The van der Waals surface area contributed by atoms with Crippen molar-refractivity contribution in [2.45, 2.75) is 19.5 Å². The normalized spacial score (nSPS) is 15.3. The second-order valence-corrected chi connectivity index (χ2v) is 6.05. The number of carbonyl (C=O) groups excluding carboxylic acids is 2. The molecule has 1 unspecified atom stereocenters. The molecule has 2 aromatic heterocycles. The fraction of sp³-hybridized carbons (Fsp3) is 0.389. The van der Waals surface area contributed by atoms with E-state index >= 15 is 0 Å². The summed E-state index contributed by atoms with van der Waals surface area (Å²) < 4.78 is 10.2. The maximum Gasteiger partial charge on any atom is 0.255 e. The van der Waals surface area contributed by atoms with Crippen molar-refractivity contribution in [3.63, 3.8) is 0 Å². The highest BCUT2D eigenvalue weighted by Crippen LogP contribution is 2.14. The van der Waals surface area contributed by atoms with Gasteiger partial charge in [-0.3, -0.25) is 9.59 Å². The van der Waals surface area contributed by atoms with E-state index in [0.29, 0.717) is 25.3 Å². The lowest BCUT2D eigenvalue weighted by atomic mass is 10.2. The Bertz CT molecular complexity index is 741. The van der Waals surface area contributed by atoms with Crippen LogP contribution < -0.4 is 15.5 Å². The summed E-state index contributed by atoms with van der Waals surface area (Å²) in [6.07, 6.45) is 4.48. The van der Waals surface area contributed by atoms with Crippen molar-refractivity contribution in [3.05, 3.63) is 48.0 Å². The molecule has 0 spiro atoms. The number of aromatic nitrogens is 1. The highest BCUT2D eigenvalue weighted by molar-refractivity contribution is 5.97. The van der Waals surface area contributed by atoms with E-state index in [9.17, 15) is 9.59 Å². The Balaban J connectivity index is 1.51. The number of furan rings is 1. The van der Waals surface area contributed by atoms with E-state index in [1.54, 1.807) is 19.2 Å². The van der Waals surface area contributed by atoms with Crippen LogP contribution in [0, 0.1) is 0 Å². The second-order valence-electron chi connectivity index (χ2n) is 6.05. The molecule has 138 valence electrons. The molecule has 2 aromatic rings. The first-order chi connectivity index (χ1) is 12.6. The van der Waals surface area contributed by atoms with Crippen molar-refractivity contribution in [2.24, 2.45) is 0 Å². The van der Waals surface area contributed by atoms with Crippen molar-refractivity contribution in [1.29, 1.82) is 0 Å². The minimum Gasteiger partial charge on any atom is -0.472 e. The molecule has 1 aliphatic rings. The van der Waals surface area contributed by atoms with Crippen LogP contribution >= 0.6 is 0 Å². The molecule has 0 bridgehead atoms. The predicted molar refractivity (Wildman–Crippen MR) is 94.8 cm³/mol. The fourth-order valence-corrected chi connectivity index (χ4v) is 2.62. The van der Waals surface area contributed by atoms with Crippen LogP contribution in [0.1, 0.15) is 22.8 Å². The Labute approximate surface area is 151 Å². The lowest BCUT2D eigenvalue weighted by molar-refractivity contribution is -0.122. The van der Waals surface area contributed by atoms with Gasteiger partial charge in [-0.1, -0.05) is 0 Å². The number of pyridine rings is 1. The average molecular weight is 358 g/mol. The Kier molecular flexibility index (Phi) is 5.85. The number of morpholine rings is 1. The molecule has 2 amide bonds. The summed E-state index contributed by atoms with van der Waals surface area (Å²) in [5.41, 5.74) is 1.33. The molecule has 0 radical (unpaired) electrons. The first kappa shape index (κ1) is 17.9. The van der Waals surface area contributed by atoms with E-state index in [-0.39, 0.29) is 11.8 Å². The van der Waals surface area contributed by atoms with Gasteiger partial charge in [0, 0.05) is 25.8 Å². The molecule has 3 heterocycles. The van der Waals surface area contributed by atoms with E-state index in [2.05, 4.69) is 20.5 Å². The quantitative estimate of drug-likeness (QED) is 0.798. The molecule has 0 aromatic carbocycles. The van der Waals surface area contributed by atoms with Crippen LogP contribution in [-0.2, 0) is 16.1 Å². The molecule has 26 heavy (non-hydrogen) atoms.